The van der Waals surface area contributed by atoms with E-state index in [0.717, 1.165) is 5.56 Å². The van der Waals surface area contributed by atoms with E-state index in [0.29, 0.717) is 32.7 Å². The van der Waals surface area contributed by atoms with Crippen LogP contribution in [0.1, 0.15) is 40.2 Å². The van der Waals surface area contributed by atoms with Gasteiger partial charge < -0.3 is 14.2 Å². The first kappa shape index (κ1) is 24.3. The first-order valence-corrected chi connectivity index (χ1v) is 11.3. The molecule has 0 spiro atoms. The Kier molecular flexibility index (Phi) is 8.78. The van der Waals surface area contributed by atoms with E-state index in [9.17, 15) is 9.59 Å². The van der Waals surface area contributed by atoms with E-state index < -0.39 is 5.97 Å². The van der Waals surface area contributed by atoms with Gasteiger partial charge in [-0.1, -0.05) is 15.9 Å². The number of carbonyl (C=O) groups is 2. The monoisotopic (exact) mass is 498 g/mol. The Hall–Kier alpha value is -2.00. The number of benzene rings is 1. The van der Waals surface area contributed by atoms with Gasteiger partial charge in [-0.25, -0.2) is 4.79 Å². The average molecular weight is 499 g/mol. The van der Waals surface area contributed by atoms with Gasteiger partial charge in [0.15, 0.2) is 23.3 Å². The van der Waals surface area contributed by atoms with E-state index in [2.05, 4.69) is 25.7 Å². The summed E-state index contributed by atoms with van der Waals surface area (Å²) in [5.74, 6) is 0.319. The zero-order valence-corrected chi connectivity index (χ0v) is 20.4. The zero-order chi connectivity index (χ0) is 22.4. The lowest BCUT2D eigenvalue weighted by molar-refractivity contribution is -0.142. The fourth-order valence-corrected chi connectivity index (χ4v) is 4.29. The number of amides is 1. The Morgan fingerprint density at radius 2 is 1.90 bits per heavy atom. The number of amidine groups is 1. The molecule has 30 heavy (non-hydrogen) atoms. The summed E-state index contributed by atoms with van der Waals surface area (Å²) in [4.78, 5) is 31.3. The molecule has 0 radical (unpaired) electrons. The SMILES string of the molecule is CCOc1cc(/C=C2/SC(=NC(C)C)N(C(C)C)C2=O)c(Br)cc1OCC(=O)OC. The van der Waals surface area contributed by atoms with E-state index >= 15 is 0 Å². The zero-order valence-electron chi connectivity index (χ0n) is 18.0. The van der Waals surface area contributed by atoms with E-state index in [4.69, 9.17) is 9.47 Å². The second kappa shape index (κ2) is 10.9. The molecule has 0 unspecified atom stereocenters. The molecule has 1 aromatic rings. The van der Waals surface area contributed by atoms with E-state index in [1.807, 2.05) is 40.7 Å². The lowest BCUT2D eigenvalue weighted by atomic mass is 10.1. The van der Waals surface area contributed by atoms with Crippen molar-refractivity contribution in [2.45, 2.75) is 46.7 Å². The highest BCUT2D eigenvalue weighted by molar-refractivity contribution is 9.10. The summed E-state index contributed by atoms with van der Waals surface area (Å²) < 4.78 is 16.5. The van der Waals surface area contributed by atoms with E-state index in [1.54, 1.807) is 17.0 Å². The lowest BCUT2D eigenvalue weighted by Crippen LogP contribution is -2.35. The molecule has 7 nitrogen and oxygen atoms in total. The van der Waals surface area contributed by atoms with Gasteiger partial charge in [0.1, 0.15) is 0 Å². The molecule has 1 saturated heterocycles. The number of hydrogen-bond acceptors (Lipinski definition) is 7. The van der Waals surface area contributed by atoms with Crippen LogP contribution in [0.25, 0.3) is 6.08 Å². The number of rotatable bonds is 8. The molecule has 0 aliphatic carbocycles. The molecule has 1 aromatic carbocycles. The summed E-state index contributed by atoms with van der Waals surface area (Å²) in [5, 5.41) is 0.704. The molecule has 1 fully saturated rings. The second-order valence-corrected chi connectivity index (χ2v) is 8.87. The summed E-state index contributed by atoms with van der Waals surface area (Å²) in [5.41, 5.74) is 0.759. The number of hydrogen-bond donors (Lipinski definition) is 0. The highest BCUT2D eigenvalue weighted by Crippen LogP contribution is 2.39. The van der Waals surface area contributed by atoms with E-state index in [-0.39, 0.29) is 24.6 Å². The molecule has 0 N–H and O–H groups in total. The minimum atomic E-state index is -0.488. The quantitative estimate of drug-likeness (QED) is 0.388. The largest absolute Gasteiger partial charge is 0.490 e. The Morgan fingerprint density at radius 1 is 1.23 bits per heavy atom. The van der Waals surface area contributed by atoms with Crippen LogP contribution in [0.3, 0.4) is 0 Å². The van der Waals surface area contributed by atoms with Crippen molar-refractivity contribution in [2.75, 3.05) is 20.3 Å². The van der Waals surface area contributed by atoms with Crippen molar-refractivity contribution < 1.29 is 23.8 Å². The van der Waals surface area contributed by atoms with Crippen molar-refractivity contribution in [3.05, 3.63) is 27.1 Å². The summed E-state index contributed by atoms with van der Waals surface area (Å²) in [6.45, 7) is 9.95. The Labute approximate surface area is 190 Å². The highest BCUT2D eigenvalue weighted by Gasteiger charge is 2.35. The molecule has 0 bridgehead atoms. The average Bonchev–Trinajstić information content (AvgIpc) is 2.97. The molecular formula is C21H27BrN2O5S. The fraction of sp³-hybridized carbons (Fsp3) is 0.476. The number of aliphatic imine (C=N–C) groups is 1. The Balaban J connectivity index is 2.41. The van der Waals surface area contributed by atoms with Gasteiger partial charge in [-0.2, -0.15) is 0 Å². The third-order valence-corrected chi connectivity index (χ3v) is 5.63. The van der Waals surface area contributed by atoms with Crippen molar-refractivity contribution in [2.24, 2.45) is 4.99 Å². The van der Waals surface area contributed by atoms with Gasteiger partial charge in [-0.15, -0.1) is 0 Å². The lowest BCUT2D eigenvalue weighted by Gasteiger charge is -2.20. The van der Waals surface area contributed by atoms with Crippen molar-refractivity contribution in [3.63, 3.8) is 0 Å². The van der Waals surface area contributed by atoms with Gasteiger partial charge in [0, 0.05) is 16.6 Å². The highest BCUT2D eigenvalue weighted by atomic mass is 79.9. The van der Waals surface area contributed by atoms with Crippen LogP contribution >= 0.6 is 27.7 Å². The first-order chi connectivity index (χ1) is 14.2. The molecule has 2 rings (SSSR count). The number of thioether (sulfide) groups is 1. The van der Waals surface area contributed by atoms with Crippen LogP contribution in [-0.2, 0) is 14.3 Å². The summed E-state index contributed by atoms with van der Waals surface area (Å²) in [6, 6.07) is 3.58. The minimum absolute atomic E-state index is 0.00456. The molecule has 0 aromatic heterocycles. The van der Waals surface area contributed by atoms with Crippen LogP contribution in [-0.4, -0.2) is 54.4 Å². The van der Waals surface area contributed by atoms with Crippen molar-refractivity contribution >= 4 is 50.8 Å². The van der Waals surface area contributed by atoms with Crippen LogP contribution in [0, 0.1) is 0 Å². The second-order valence-electron chi connectivity index (χ2n) is 7.00. The molecule has 1 aliphatic heterocycles. The van der Waals surface area contributed by atoms with Crippen LogP contribution in [0.15, 0.2) is 26.5 Å². The maximum absolute atomic E-state index is 13.0. The Bertz CT molecular complexity index is 867. The van der Waals surface area contributed by atoms with Gasteiger partial charge in [0.25, 0.3) is 5.91 Å². The van der Waals surface area contributed by atoms with Crippen LogP contribution in [0.4, 0.5) is 0 Å². The summed E-state index contributed by atoms with van der Waals surface area (Å²) >= 11 is 4.88. The fourth-order valence-electron chi connectivity index (χ4n) is 2.63. The van der Waals surface area contributed by atoms with Crippen LogP contribution < -0.4 is 9.47 Å². The molecule has 1 aliphatic rings. The first-order valence-electron chi connectivity index (χ1n) is 9.64. The molecule has 164 valence electrons. The predicted molar refractivity (Wildman–Crippen MR) is 123 cm³/mol. The molecule has 0 saturated carbocycles. The predicted octanol–water partition coefficient (Wildman–Crippen LogP) is 4.49. The smallest absolute Gasteiger partial charge is 0.343 e. The van der Waals surface area contributed by atoms with Gasteiger partial charge in [-0.3, -0.25) is 14.7 Å². The maximum atomic E-state index is 13.0. The van der Waals surface area contributed by atoms with Gasteiger partial charge in [0.05, 0.1) is 18.6 Å². The van der Waals surface area contributed by atoms with Gasteiger partial charge in [0.2, 0.25) is 0 Å². The number of nitrogens with zero attached hydrogens (tertiary/aromatic N) is 2. The number of methoxy groups -OCH3 is 1. The normalized spacial score (nSPS) is 16.8. The summed E-state index contributed by atoms with van der Waals surface area (Å²) in [7, 11) is 1.30. The Morgan fingerprint density at radius 3 is 2.47 bits per heavy atom. The molecular weight excluding hydrogens is 472 g/mol. The van der Waals surface area contributed by atoms with E-state index in [1.165, 1.54) is 18.9 Å². The molecule has 0 atom stereocenters. The number of carbonyl (C=O) groups excluding carboxylic acids is 2. The van der Waals surface area contributed by atoms with Crippen LogP contribution in [0.2, 0.25) is 0 Å². The third kappa shape index (κ3) is 6.01. The molecule has 9 heteroatoms. The minimum Gasteiger partial charge on any atom is -0.490 e. The van der Waals surface area contributed by atoms with Crippen molar-refractivity contribution in [1.29, 1.82) is 0 Å². The van der Waals surface area contributed by atoms with Gasteiger partial charge in [-0.05, 0) is 70.2 Å². The third-order valence-electron chi connectivity index (χ3n) is 3.94. The summed E-state index contributed by atoms with van der Waals surface area (Å²) in [6.07, 6.45) is 1.81. The number of ether oxygens (including phenoxy) is 3. The number of halogens is 1. The van der Waals surface area contributed by atoms with Crippen LogP contribution in [0.5, 0.6) is 11.5 Å². The topological polar surface area (TPSA) is 77.4 Å². The number of esters is 1. The molecule has 1 amide bonds. The maximum Gasteiger partial charge on any atom is 0.343 e. The van der Waals surface area contributed by atoms with Crippen molar-refractivity contribution in [1.82, 2.24) is 4.90 Å². The van der Waals surface area contributed by atoms with Crippen molar-refractivity contribution in [3.8, 4) is 11.5 Å². The molecule has 1 heterocycles. The standard InChI is InChI=1S/C21H27BrN2O5S/c1-7-28-16-8-14(15(22)10-17(16)29-11-19(25)27-6)9-18-20(26)24(13(4)5)21(30-18)23-12(2)3/h8-10,12-13H,7,11H2,1-6H3/b18-9+,23-21?. The van der Waals surface area contributed by atoms with Gasteiger partial charge >= 0.3 is 5.97 Å².